The first-order valence-electron chi connectivity index (χ1n) is 14.4. The number of nitrogens with one attached hydrogen (secondary N) is 2. The molecule has 2 aromatic carbocycles. The molecule has 3 aromatic rings. The quantitative estimate of drug-likeness (QED) is 0.140. The van der Waals surface area contributed by atoms with Gasteiger partial charge in [0.25, 0.3) is 0 Å². The van der Waals surface area contributed by atoms with Crippen molar-refractivity contribution in [3.63, 3.8) is 0 Å². The van der Waals surface area contributed by atoms with Crippen molar-refractivity contribution < 1.29 is 35.6 Å². The van der Waals surface area contributed by atoms with Gasteiger partial charge in [0, 0.05) is 30.5 Å². The number of alkyl halides is 6. The first-order valence-corrected chi connectivity index (χ1v) is 17.8. The Morgan fingerprint density at radius 2 is 1.73 bits per heavy atom. The van der Waals surface area contributed by atoms with Crippen LogP contribution in [0.4, 0.5) is 37.7 Å². The van der Waals surface area contributed by atoms with Gasteiger partial charge in [-0.3, -0.25) is 0 Å². The van der Waals surface area contributed by atoms with Crippen LogP contribution in [0.15, 0.2) is 36.4 Å². The molecule has 2 aliphatic rings. The highest BCUT2D eigenvalue weighted by Gasteiger charge is 2.33. The highest BCUT2D eigenvalue weighted by Crippen LogP contribution is 2.40. The zero-order chi connectivity index (χ0) is 31.7. The van der Waals surface area contributed by atoms with Crippen molar-refractivity contribution in [1.82, 2.24) is 4.90 Å². The number of piperidine rings is 1. The van der Waals surface area contributed by atoms with Crippen molar-refractivity contribution in [2.75, 3.05) is 50.2 Å². The minimum absolute atomic E-state index is 0.0674. The van der Waals surface area contributed by atoms with Gasteiger partial charge < -0.3 is 24.8 Å². The van der Waals surface area contributed by atoms with Gasteiger partial charge in [-0.25, -0.2) is 0 Å². The number of nitrogens with zero attached hydrogens (tertiary/aromatic N) is 1. The summed E-state index contributed by atoms with van der Waals surface area (Å²) >= 11 is 1.21. The zero-order valence-electron chi connectivity index (χ0n) is 24.4. The van der Waals surface area contributed by atoms with Gasteiger partial charge in [-0.05, 0) is 74.2 Å². The van der Waals surface area contributed by atoms with Gasteiger partial charge in [-0.1, -0.05) is 24.0 Å². The second-order valence-corrected chi connectivity index (χ2v) is 15.9. The SMILES string of the molecule is CP(C)(=O)c1ccc(NCC#Cc2sc3c(NC4CCN(C5CC5)CC4)cccc3c2CC(F)(F)F)c(OCC(F)(F)F)c1. The van der Waals surface area contributed by atoms with Crippen molar-refractivity contribution in [1.29, 1.82) is 0 Å². The fraction of sp³-hybridized carbons (Fsp3) is 0.484. The standard InChI is InChI=1S/C31H34F6N3O2PS/c1-43(2,41)22-10-11-25(27(17-22)42-19-31(35,36)37)38-14-4-7-28-24(18-30(32,33)34)23-5-3-6-26(29(23)44-28)39-20-12-15-40(16-13-20)21-8-9-21/h3,5-6,10-11,17,20-21,38-39H,8-9,12-16,18-19H2,1-2H3. The summed E-state index contributed by atoms with van der Waals surface area (Å²) in [7, 11) is -2.77. The molecule has 1 aliphatic heterocycles. The fourth-order valence-corrected chi connectivity index (χ4v) is 7.40. The summed E-state index contributed by atoms with van der Waals surface area (Å²) in [4.78, 5) is 2.80. The van der Waals surface area contributed by atoms with Gasteiger partial charge >= 0.3 is 12.4 Å². The Balaban J connectivity index is 1.36. The predicted molar refractivity (Wildman–Crippen MR) is 165 cm³/mol. The van der Waals surface area contributed by atoms with Gasteiger partial charge in [-0.15, -0.1) is 11.3 Å². The van der Waals surface area contributed by atoms with Crippen LogP contribution in [-0.2, 0) is 11.0 Å². The van der Waals surface area contributed by atoms with Gasteiger partial charge in [-0.2, -0.15) is 26.3 Å². The molecule has 1 saturated carbocycles. The number of ether oxygens (including phenoxy) is 1. The lowest BCUT2D eigenvalue weighted by atomic mass is 10.0. The van der Waals surface area contributed by atoms with Crippen LogP contribution in [-0.4, -0.2) is 68.9 Å². The van der Waals surface area contributed by atoms with E-state index in [1.807, 2.05) is 6.07 Å². The van der Waals surface area contributed by atoms with Crippen LogP contribution in [0.3, 0.4) is 0 Å². The summed E-state index contributed by atoms with van der Waals surface area (Å²) in [5.74, 6) is 5.56. The molecule has 2 N–H and O–H groups in total. The largest absolute Gasteiger partial charge is 0.482 e. The maximum absolute atomic E-state index is 13.6. The maximum Gasteiger partial charge on any atom is 0.422 e. The molecule has 13 heteroatoms. The molecule has 0 unspecified atom stereocenters. The lowest BCUT2D eigenvalue weighted by Gasteiger charge is -2.33. The number of hydrogen-bond donors (Lipinski definition) is 2. The average molecular weight is 658 g/mol. The molecule has 1 saturated heterocycles. The Bertz CT molecular complexity index is 1590. The van der Waals surface area contributed by atoms with Gasteiger partial charge in [0.15, 0.2) is 6.61 Å². The number of halogens is 6. The van der Waals surface area contributed by atoms with Gasteiger partial charge in [0.1, 0.15) is 12.9 Å². The van der Waals surface area contributed by atoms with Gasteiger partial charge in [0.05, 0.1) is 33.9 Å². The summed E-state index contributed by atoms with van der Waals surface area (Å²) < 4.78 is 97.6. The van der Waals surface area contributed by atoms with Crippen molar-refractivity contribution >= 4 is 45.2 Å². The van der Waals surface area contributed by atoms with Crippen LogP contribution < -0.4 is 20.7 Å². The number of anilines is 2. The summed E-state index contributed by atoms with van der Waals surface area (Å²) in [6, 6.07) is 10.6. The molecule has 0 spiro atoms. The number of fused-ring (bicyclic) bond motifs is 1. The molecular formula is C31H34F6N3O2PS. The third-order valence-corrected chi connectivity index (χ3v) is 10.4. The van der Waals surface area contributed by atoms with Crippen molar-refractivity contribution in [2.24, 2.45) is 0 Å². The number of likely N-dealkylation sites (tertiary alicyclic amines) is 1. The summed E-state index contributed by atoms with van der Waals surface area (Å²) in [5.41, 5.74) is 1.10. The van der Waals surface area contributed by atoms with E-state index >= 15 is 0 Å². The lowest BCUT2D eigenvalue weighted by Crippen LogP contribution is -2.40. The molecule has 238 valence electrons. The summed E-state index contributed by atoms with van der Waals surface area (Å²) in [6.45, 7) is 3.41. The molecule has 0 amide bonds. The van der Waals surface area contributed by atoms with E-state index in [-0.39, 0.29) is 29.6 Å². The molecule has 0 radical (unpaired) electrons. The van der Waals surface area contributed by atoms with E-state index in [2.05, 4.69) is 27.4 Å². The molecule has 1 aromatic heterocycles. The lowest BCUT2D eigenvalue weighted by molar-refractivity contribution is -0.153. The number of hydrogen-bond acceptors (Lipinski definition) is 6. The molecule has 5 nitrogen and oxygen atoms in total. The van der Waals surface area contributed by atoms with E-state index in [0.29, 0.717) is 21.6 Å². The Hall–Kier alpha value is -2.87. The molecule has 0 bridgehead atoms. The average Bonchev–Trinajstić information content (AvgIpc) is 3.73. The number of thiophene rings is 1. The fourth-order valence-electron chi connectivity index (χ4n) is 5.36. The van der Waals surface area contributed by atoms with Crippen LogP contribution in [0.2, 0.25) is 0 Å². The Kier molecular flexibility index (Phi) is 9.50. The Morgan fingerprint density at radius 1 is 1.00 bits per heavy atom. The van der Waals surface area contributed by atoms with Crippen LogP contribution in [0, 0.1) is 11.8 Å². The minimum atomic E-state index is -4.58. The summed E-state index contributed by atoms with van der Waals surface area (Å²) in [6.07, 6.45) is -5.69. The maximum atomic E-state index is 13.6. The summed E-state index contributed by atoms with van der Waals surface area (Å²) in [5, 5.41) is 7.32. The highest BCUT2D eigenvalue weighted by atomic mass is 32.1. The molecule has 44 heavy (non-hydrogen) atoms. The first-order chi connectivity index (χ1) is 20.7. The topological polar surface area (TPSA) is 53.6 Å². The Labute approximate surface area is 256 Å². The second kappa shape index (κ2) is 12.9. The zero-order valence-corrected chi connectivity index (χ0v) is 26.1. The first kappa shape index (κ1) is 32.5. The predicted octanol–water partition coefficient (Wildman–Crippen LogP) is 7.70. The van der Waals surface area contributed by atoms with Crippen LogP contribution in [0.25, 0.3) is 10.1 Å². The van der Waals surface area contributed by atoms with E-state index in [1.54, 1.807) is 12.1 Å². The van der Waals surface area contributed by atoms with Crippen molar-refractivity contribution in [3.05, 3.63) is 46.8 Å². The third-order valence-electron chi connectivity index (χ3n) is 7.70. The minimum Gasteiger partial charge on any atom is -0.482 e. The highest BCUT2D eigenvalue weighted by molar-refractivity contribution is 7.70. The van der Waals surface area contributed by atoms with Gasteiger partial charge in [0.2, 0.25) is 0 Å². The second-order valence-electron chi connectivity index (χ2n) is 11.7. The number of benzene rings is 2. The van der Waals surface area contributed by atoms with E-state index in [4.69, 9.17) is 4.74 Å². The molecule has 5 rings (SSSR count). The van der Waals surface area contributed by atoms with E-state index in [1.165, 1.54) is 55.7 Å². The Morgan fingerprint density at radius 3 is 2.36 bits per heavy atom. The van der Waals surface area contributed by atoms with Crippen LogP contribution in [0.5, 0.6) is 5.75 Å². The number of rotatable bonds is 9. The van der Waals surface area contributed by atoms with Crippen molar-refractivity contribution in [2.45, 2.75) is 56.5 Å². The van der Waals surface area contributed by atoms with Crippen molar-refractivity contribution in [3.8, 4) is 17.6 Å². The molecule has 2 fully saturated rings. The molecule has 0 atom stereocenters. The third kappa shape index (κ3) is 8.64. The van der Waals surface area contributed by atoms with E-state index in [0.717, 1.165) is 36.3 Å². The van der Waals surface area contributed by atoms with Crippen LogP contribution >= 0.6 is 18.5 Å². The normalized spacial score (nSPS) is 16.9. The van der Waals surface area contributed by atoms with Crippen LogP contribution in [0.1, 0.15) is 36.1 Å². The smallest absolute Gasteiger partial charge is 0.422 e. The van der Waals surface area contributed by atoms with E-state index < -0.39 is 32.5 Å². The van der Waals surface area contributed by atoms with E-state index in [9.17, 15) is 30.9 Å². The molecule has 2 heterocycles. The molecular weight excluding hydrogens is 623 g/mol. The molecule has 1 aliphatic carbocycles. The monoisotopic (exact) mass is 657 g/mol.